The smallest absolute Gasteiger partial charge is 0.218 e. The first-order valence-corrected chi connectivity index (χ1v) is 5.38. The van der Waals surface area contributed by atoms with Crippen LogP contribution in [-0.2, 0) is 11.3 Å². The highest BCUT2D eigenvalue weighted by Crippen LogP contribution is 2.07. The Bertz CT molecular complexity index is 311. The van der Waals surface area contributed by atoms with E-state index in [2.05, 4.69) is 10.3 Å². The van der Waals surface area contributed by atoms with E-state index in [4.69, 9.17) is 5.73 Å². The van der Waals surface area contributed by atoms with E-state index < -0.39 is 0 Å². The van der Waals surface area contributed by atoms with E-state index >= 15 is 0 Å². The SMILES string of the molecule is Cc1nc(CNC(C)CC(N)=O)cs1. The largest absolute Gasteiger partial charge is 0.370 e. The minimum Gasteiger partial charge on any atom is -0.370 e. The highest BCUT2D eigenvalue weighted by atomic mass is 32.1. The van der Waals surface area contributed by atoms with Gasteiger partial charge in [-0.2, -0.15) is 0 Å². The van der Waals surface area contributed by atoms with Crippen molar-refractivity contribution < 1.29 is 4.79 Å². The molecule has 0 saturated carbocycles. The van der Waals surface area contributed by atoms with Crippen LogP contribution in [0.15, 0.2) is 5.38 Å². The van der Waals surface area contributed by atoms with Gasteiger partial charge in [0.1, 0.15) is 0 Å². The maximum atomic E-state index is 10.6. The number of amides is 1. The Balaban J connectivity index is 2.30. The fraction of sp³-hybridized carbons (Fsp3) is 0.556. The number of carbonyl (C=O) groups excluding carboxylic acids is 1. The van der Waals surface area contributed by atoms with Crippen molar-refractivity contribution >= 4 is 17.2 Å². The molecule has 1 rings (SSSR count). The number of rotatable bonds is 5. The quantitative estimate of drug-likeness (QED) is 0.760. The minimum atomic E-state index is -0.278. The van der Waals surface area contributed by atoms with Crippen LogP contribution in [0.4, 0.5) is 0 Å². The molecule has 78 valence electrons. The number of hydrogen-bond donors (Lipinski definition) is 2. The van der Waals surface area contributed by atoms with Gasteiger partial charge in [-0.1, -0.05) is 0 Å². The number of primary amides is 1. The standard InChI is InChI=1S/C9H15N3OS/c1-6(3-9(10)13)11-4-8-5-14-7(2)12-8/h5-6,11H,3-4H2,1-2H3,(H2,10,13). The van der Waals surface area contributed by atoms with Gasteiger partial charge in [0.15, 0.2) is 0 Å². The Morgan fingerprint density at radius 1 is 1.79 bits per heavy atom. The molecule has 0 bridgehead atoms. The summed E-state index contributed by atoms with van der Waals surface area (Å²) in [6.07, 6.45) is 0.364. The van der Waals surface area contributed by atoms with Crippen molar-refractivity contribution in [3.63, 3.8) is 0 Å². The molecule has 1 unspecified atom stereocenters. The number of aryl methyl sites for hydroxylation is 1. The molecule has 0 saturated heterocycles. The summed E-state index contributed by atoms with van der Waals surface area (Å²) in [5, 5.41) is 6.26. The summed E-state index contributed by atoms with van der Waals surface area (Å²) in [4.78, 5) is 14.9. The average Bonchev–Trinajstić information content (AvgIpc) is 2.47. The summed E-state index contributed by atoms with van der Waals surface area (Å²) in [6, 6.07) is 0.106. The van der Waals surface area contributed by atoms with Crippen molar-refractivity contribution in [1.82, 2.24) is 10.3 Å². The molecular formula is C9H15N3OS. The van der Waals surface area contributed by atoms with Gasteiger partial charge in [0, 0.05) is 24.4 Å². The lowest BCUT2D eigenvalue weighted by molar-refractivity contribution is -0.118. The number of thiazole rings is 1. The van der Waals surface area contributed by atoms with Gasteiger partial charge in [0.25, 0.3) is 0 Å². The van der Waals surface area contributed by atoms with Gasteiger partial charge in [0.2, 0.25) is 5.91 Å². The first-order valence-electron chi connectivity index (χ1n) is 4.50. The van der Waals surface area contributed by atoms with Crippen molar-refractivity contribution in [3.05, 3.63) is 16.1 Å². The van der Waals surface area contributed by atoms with Gasteiger partial charge >= 0.3 is 0 Å². The first-order chi connectivity index (χ1) is 6.58. The lowest BCUT2D eigenvalue weighted by Crippen LogP contribution is -2.30. The van der Waals surface area contributed by atoms with Gasteiger partial charge in [-0.3, -0.25) is 4.79 Å². The third-order valence-corrected chi connectivity index (χ3v) is 2.63. The molecule has 0 radical (unpaired) electrons. The Hall–Kier alpha value is -0.940. The topological polar surface area (TPSA) is 68.0 Å². The van der Waals surface area contributed by atoms with Gasteiger partial charge < -0.3 is 11.1 Å². The molecule has 0 fully saturated rings. The molecule has 1 atom stereocenters. The summed E-state index contributed by atoms with van der Waals surface area (Å²) in [7, 11) is 0. The highest BCUT2D eigenvalue weighted by molar-refractivity contribution is 7.09. The van der Waals surface area contributed by atoms with Crippen LogP contribution < -0.4 is 11.1 Å². The summed E-state index contributed by atoms with van der Waals surface area (Å²) in [5.41, 5.74) is 6.09. The second-order valence-corrected chi connectivity index (χ2v) is 4.37. The van der Waals surface area contributed by atoms with E-state index in [1.807, 2.05) is 19.2 Å². The monoisotopic (exact) mass is 213 g/mol. The number of hydrogen-bond acceptors (Lipinski definition) is 4. The third-order valence-electron chi connectivity index (χ3n) is 1.81. The van der Waals surface area contributed by atoms with Crippen LogP contribution in [-0.4, -0.2) is 16.9 Å². The van der Waals surface area contributed by atoms with Gasteiger partial charge in [0.05, 0.1) is 10.7 Å². The molecule has 14 heavy (non-hydrogen) atoms. The van der Waals surface area contributed by atoms with E-state index in [-0.39, 0.29) is 11.9 Å². The summed E-state index contributed by atoms with van der Waals surface area (Å²) in [5.74, 6) is -0.278. The average molecular weight is 213 g/mol. The van der Waals surface area contributed by atoms with E-state index in [0.29, 0.717) is 13.0 Å². The Morgan fingerprint density at radius 2 is 2.50 bits per heavy atom. The van der Waals surface area contributed by atoms with E-state index in [1.165, 1.54) is 0 Å². The van der Waals surface area contributed by atoms with Crippen LogP contribution in [0.5, 0.6) is 0 Å². The fourth-order valence-electron chi connectivity index (χ4n) is 1.14. The lowest BCUT2D eigenvalue weighted by atomic mass is 10.2. The van der Waals surface area contributed by atoms with Crippen molar-refractivity contribution in [2.24, 2.45) is 5.73 Å². The number of carbonyl (C=O) groups is 1. The Morgan fingerprint density at radius 3 is 3.00 bits per heavy atom. The molecule has 1 aromatic heterocycles. The van der Waals surface area contributed by atoms with Crippen molar-refractivity contribution in [1.29, 1.82) is 0 Å². The third kappa shape index (κ3) is 3.85. The molecule has 0 aliphatic rings. The van der Waals surface area contributed by atoms with Crippen molar-refractivity contribution in [2.45, 2.75) is 32.9 Å². The van der Waals surface area contributed by atoms with Gasteiger partial charge in [-0.05, 0) is 13.8 Å². The fourth-order valence-corrected chi connectivity index (χ4v) is 1.75. The number of nitrogens with one attached hydrogen (secondary N) is 1. The van der Waals surface area contributed by atoms with Gasteiger partial charge in [-0.15, -0.1) is 11.3 Å². The highest BCUT2D eigenvalue weighted by Gasteiger charge is 2.05. The molecule has 0 aliphatic carbocycles. The number of nitrogens with zero attached hydrogens (tertiary/aromatic N) is 1. The molecule has 0 spiro atoms. The van der Waals surface area contributed by atoms with Crippen LogP contribution in [0.3, 0.4) is 0 Å². The predicted octanol–water partition coefficient (Wildman–Crippen LogP) is 0.805. The maximum absolute atomic E-state index is 10.6. The number of nitrogens with two attached hydrogens (primary N) is 1. The zero-order valence-electron chi connectivity index (χ0n) is 8.41. The van der Waals surface area contributed by atoms with Crippen LogP contribution >= 0.6 is 11.3 Å². The second kappa shape index (κ2) is 5.07. The van der Waals surface area contributed by atoms with Crippen molar-refractivity contribution in [3.8, 4) is 0 Å². The molecule has 3 N–H and O–H groups in total. The van der Waals surface area contributed by atoms with E-state index in [0.717, 1.165) is 10.7 Å². The first kappa shape index (κ1) is 11.1. The molecule has 5 heteroatoms. The van der Waals surface area contributed by atoms with Crippen LogP contribution in [0.1, 0.15) is 24.0 Å². The molecule has 1 aromatic rings. The second-order valence-electron chi connectivity index (χ2n) is 3.31. The summed E-state index contributed by atoms with van der Waals surface area (Å²) >= 11 is 1.63. The van der Waals surface area contributed by atoms with Crippen molar-refractivity contribution in [2.75, 3.05) is 0 Å². The van der Waals surface area contributed by atoms with E-state index in [9.17, 15) is 4.79 Å². The maximum Gasteiger partial charge on any atom is 0.218 e. The molecule has 1 heterocycles. The molecule has 0 aliphatic heterocycles. The Labute approximate surface area is 87.5 Å². The van der Waals surface area contributed by atoms with Crippen LogP contribution in [0, 0.1) is 6.92 Å². The molecule has 1 amide bonds. The van der Waals surface area contributed by atoms with Crippen LogP contribution in [0.2, 0.25) is 0 Å². The Kier molecular flexibility index (Phi) is 4.03. The zero-order chi connectivity index (χ0) is 10.6. The van der Waals surface area contributed by atoms with E-state index in [1.54, 1.807) is 11.3 Å². The van der Waals surface area contributed by atoms with Crippen LogP contribution in [0.25, 0.3) is 0 Å². The number of aromatic nitrogens is 1. The molecule has 0 aromatic carbocycles. The summed E-state index contributed by atoms with van der Waals surface area (Å²) in [6.45, 7) is 4.60. The minimum absolute atomic E-state index is 0.106. The molecule has 4 nitrogen and oxygen atoms in total. The normalized spacial score (nSPS) is 12.7. The lowest BCUT2D eigenvalue weighted by Gasteiger charge is -2.09. The zero-order valence-corrected chi connectivity index (χ0v) is 9.23. The predicted molar refractivity (Wildman–Crippen MR) is 57.0 cm³/mol. The molecular weight excluding hydrogens is 198 g/mol. The summed E-state index contributed by atoms with van der Waals surface area (Å²) < 4.78 is 0. The van der Waals surface area contributed by atoms with Gasteiger partial charge in [-0.25, -0.2) is 4.98 Å².